The number of carbonyl (C=O) groups is 1. The summed E-state index contributed by atoms with van der Waals surface area (Å²) in [5.41, 5.74) is 3.89. The summed E-state index contributed by atoms with van der Waals surface area (Å²) in [5.74, 6) is -0.0247. The number of methoxy groups -OCH3 is 1. The van der Waals surface area contributed by atoms with Gasteiger partial charge in [0.05, 0.1) is 30.3 Å². The maximum atomic E-state index is 12.4. The molecule has 0 saturated carbocycles. The minimum atomic E-state index is -0.509. The zero-order valence-electron chi connectivity index (χ0n) is 15.3. The Balaban J connectivity index is 1.49. The molecular weight excluding hydrogens is 358 g/mol. The molecule has 142 valence electrons. The third kappa shape index (κ3) is 3.22. The van der Waals surface area contributed by atoms with Crippen molar-refractivity contribution in [1.29, 1.82) is 0 Å². The molecular formula is C21H19N3O4. The van der Waals surface area contributed by atoms with Crippen LogP contribution in [-0.4, -0.2) is 24.5 Å². The molecule has 7 heteroatoms. The number of nitro groups is 1. The van der Waals surface area contributed by atoms with E-state index < -0.39 is 4.92 Å². The normalized spacial score (nSPS) is 12.0. The average Bonchev–Trinajstić information content (AvgIpc) is 3.12. The summed E-state index contributed by atoms with van der Waals surface area (Å²) in [6.45, 7) is 0.0683. The molecule has 0 fully saturated rings. The Morgan fingerprint density at radius 2 is 1.86 bits per heavy atom. The fourth-order valence-corrected chi connectivity index (χ4v) is 3.67. The second-order valence-corrected chi connectivity index (χ2v) is 6.66. The highest BCUT2D eigenvalue weighted by Crippen LogP contribution is 2.35. The minimum Gasteiger partial charge on any atom is -0.494 e. The highest BCUT2D eigenvalue weighted by atomic mass is 16.6. The second kappa shape index (κ2) is 7.19. The first-order chi connectivity index (χ1) is 13.6. The van der Waals surface area contributed by atoms with Gasteiger partial charge in [0.25, 0.3) is 5.69 Å². The predicted octanol–water partition coefficient (Wildman–Crippen LogP) is 3.91. The van der Waals surface area contributed by atoms with E-state index in [0.717, 1.165) is 23.9 Å². The van der Waals surface area contributed by atoms with Crippen LogP contribution in [0.3, 0.4) is 0 Å². The van der Waals surface area contributed by atoms with Gasteiger partial charge in [0.2, 0.25) is 5.91 Å². The lowest BCUT2D eigenvalue weighted by Gasteiger charge is -2.13. The molecule has 0 unspecified atom stereocenters. The maximum absolute atomic E-state index is 12.4. The maximum Gasteiger partial charge on any atom is 0.273 e. The van der Waals surface area contributed by atoms with Crippen LogP contribution in [0.1, 0.15) is 11.1 Å². The Bertz CT molecular complexity index is 1080. The van der Waals surface area contributed by atoms with E-state index in [1.165, 1.54) is 41.8 Å². The fraction of sp³-hybridized carbons (Fsp3) is 0.190. The van der Waals surface area contributed by atoms with Gasteiger partial charge in [-0.15, -0.1) is 0 Å². The van der Waals surface area contributed by atoms with E-state index in [1.807, 2.05) is 12.1 Å². The zero-order valence-corrected chi connectivity index (χ0v) is 15.3. The van der Waals surface area contributed by atoms with Crippen LogP contribution in [0.4, 0.5) is 17.1 Å². The number of ether oxygens (including phenoxy) is 1. The van der Waals surface area contributed by atoms with Gasteiger partial charge in [-0.25, -0.2) is 0 Å². The van der Waals surface area contributed by atoms with E-state index in [2.05, 4.69) is 28.8 Å². The number of aryl methyl sites for hydroxylation is 2. The van der Waals surface area contributed by atoms with Gasteiger partial charge < -0.3 is 15.4 Å². The van der Waals surface area contributed by atoms with Gasteiger partial charge in [-0.2, -0.15) is 0 Å². The van der Waals surface area contributed by atoms with E-state index in [4.69, 9.17) is 4.74 Å². The number of hydrogen-bond acceptors (Lipinski definition) is 5. The molecule has 0 bridgehead atoms. The highest BCUT2D eigenvalue weighted by Gasteiger charge is 2.17. The first-order valence-corrected chi connectivity index (χ1v) is 8.96. The Kier molecular flexibility index (Phi) is 4.57. The van der Waals surface area contributed by atoms with E-state index in [1.54, 1.807) is 0 Å². The van der Waals surface area contributed by atoms with Crippen molar-refractivity contribution in [1.82, 2.24) is 0 Å². The van der Waals surface area contributed by atoms with E-state index in [9.17, 15) is 14.9 Å². The number of hydrogen-bond donors (Lipinski definition) is 2. The minimum absolute atomic E-state index is 0.0683. The monoisotopic (exact) mass is 377 g/mol. The summed E-state index contributed by atoms with van der Waals surface area (Å²) < 4.78 is 5.15. The van der Waals surface area contributed by atoms with E-state index in [0.29, 0.717) is 5.69 Å². The van der Waals surface area contributed by atoms with Crippen LogP contribution < -0.4 is 15.4 Å². The van der Waals surface area contributed by atoms with Gasteiger partial charge in [0.1, 0.15) is 5.75 Å². The third-order valence-electron chi connectivity index (χ3n) is 4.99. The van der Waals surface area contributed by atoms with Gasteiger partial charge in [-0.1, -0.05) is 24.3 Å². The van der Waals surface area contributed by atoms with Gasteiger partial charge in [-0.05, 0) is 41.5 Å². The Labute approximate surface area is 161 Å². The van der Waals surface area contributed by atoms with Crippen molar-refractivity contribution < 1.29 is 14.5 Å². The number of nitro benzene ring substituents is 1. The number of rotatable bonds is 6. The second-order valence-electron chi connectivity index (χ2n) is 6.66. The van der Waals surface area contributed by atoms with Crippen LogP contribution in [-0.2, 0) is 17.6 Å². The van der Waals surface area contributed by atoms with Crippen molar-refractivity contribution in [2.24, 2.45) is 0 Å². The summed E-state index contributed by atoms with van der Waals surface area (Å²) in [6, 6.07) is 14.4. The number of nitrogens with one attached hydrogen (secondary N) is 2. The predicted molar refractivity (Wildman–Crippen MR) is 108 cm³/mol. The number of benzene rings is 3. The van der Waals surface area contributed by atoms with Crippen LogP contribution in [0.15, 0.2) is 48.5 Å². The number of amides is 1. The van der Waals surface area contributed by atoms with Gasteiger partial charge >= 0.3 is 0 Å². The van der Waals surface area contributed by atoms with Crippen LogP contribution in [0, 0.1) is 10.1 Å². The van der Waals surface area contributed by atoms with Crippen molar-refractivity contribution in [2.75, 3.05) is 24.3 Å². The molecule has 0 aliphatic heterocycles. The van der Waals surface area contributed by atoms with Crippen LogP contribution in [0.5, 0.6) is 5.75 Å². The molecule has 28 heavy (non-hydrogen) atoms. The van der Waals surface area contributed by atoms with Crippen molar-refractivity contribution in [3.63, 3.8) is 0 Å². The van der Waals surface area contributed by atoms with E-state index in [-0.39, 0.29) is 23.9 Å². The van der Waals surface area contributed by atoms with Crippen LogP contribution in [0.25, 0.3) is 10.8 Å². The van der Waals surface area contributed by atoms with Crippen LogP contribution in [0.2, 0.25) is 0 Å². The molecule has 0 aromatic heterocycles. The number of carbonyl (C=O) groups excluding carboxylic acids is 1. The average molecular weight is 377 g/mol. The smallest absolute Gasteiger partial charge is 0.273 e. The Hall–Kier alpha value is -3.61. The number of nitrogens with zero attached hydrogens (tertiary/aromatic N) is 1. The molecule has 7 nitrogen and oxygen atoms in total. The molecule has 1 aliphatic carbocycles. The Morgan fingerprint density at radius 1 is 1.11 bits per heavy atom. The summed E-state index contributed by atoms with van der Waals surface area (Å²) >= 11 is 0. The number of anilines is 2. The summed E-state index contributed by atoms with van der Waals surface area (Å²) in [4.78, 5) is 22.8. The van der Waals surface area contributed by atoms with Crippen molar-refractivity contribution in [3.05, 3.63) is 69.8 Å². The molecule has 1 amide bonds. The quantitative estimate of drug-likeness (QED) is 0.502. The van der Waals surface area contributed by atoms with Gasteiger partial charge in [0, 0.05) is 17.1 Å². The molecule has 0 radical (unpaired) electrons. The molecule has 2 N–H and O–H groups in total. The van der Waals surface area contributed by atoms with Crippen molar-refractivity contribution in [2.45, 2.75) is 12.8 Å². The lowest BCUT2D eigenvalue weighted by atomic mass is 10.0. The molecule has 1 aliphatic rings. The van der Waals surface area contributed by atoms with E-state index >= 15 is 0 Å². The molecule has 0 atom stereocenters. The number of non-ortho nitro benzene ring substituents is 1. The lowest BCUT2D eigenvalue weighted by Crippen LogP contribution is -2.22. The summed E-state index contributed by atoms with van der Waals surface area (Å²) in [5, 5.41) is 19.2. The van der Waals surface area contributed by atoms with Crippen LogP contribution >= 0.6 is 0 Å². The molecule has 4 rings (SSSR count). The fourth-order valence-electron chi connectivity index (χ4n) is 3.67. The van der Waals surface area contributed by atoms with Gasteiger partial charge in [-0.3, -0.25) is 14.9 Å². The molecule has 3 aromatic rings. The zero-order chi connectivity index (χ0) is 19.7. The third-order valence-corrected chi connectivity index (χ3v) is 4.99. The van der Waals surface area contributed by atoms with Crippen molar-refractivity contribution >= 4 is 33.7 Å². The standard InChI is InChI=1S/C21H19N3O4/c1-28-19-11-15(24(26)27)8-10-18(19)23-20(25)12-22-17-9-7-14-6-5-13-3-2-4-16(17)21(13)14/h2-4,7-11,22H,5-6,12H2,1H3,(H,23,25). The molecule has 0 heterocycles. The largest absolute Gasteiger partial charge is 0.494 e. The Morgan fingerprint density at radius 3 is 2.61 bits per heavy atom. The molecule has 0 spiro atoms. The topological polar surface area (TPSA) is 93.5 Å². The summed E-state index contributed by atoms with van der Waals surface area (Å²) in [6.07, 6.45) is 2.10. The molecule has 3 aromatic carbocycles. The lowest BCUT2D eigenvalue weighted by molar-refractivity contribution is -0.384. The first-order valence-electron chi connectivity index (χ1n) is 8.96. The SMILES string of the molecule is COc1cc([N+](=O)[O-])ccc1NC(=O)CNc1ccc2c3c(cccc13)CC2. The highest BCUT2D eigenvalue weighted by molar-refractivity contribution is 6.01. The van der Waals surface area contributed by atoms with Crippen molar-refractivity contribution in [3.8, 4) is 5.75 Å². The first kappa shape index (κ1) is 17.8. The van der Waals surface area contributed by atoms with Gasteiger partial charge in [0.15, 0.2) is 0 Å². The molecule has 0 saturated heterocycles. The summed E-state index contributed by atoms with van der Waals surface area (Å²) in [7, 11) is 1.40.